The maximum atomic E-state index is 12.9. The largest absolute Gasteiger partial charge is 0.458 e. The quantitative estimate of drug-likeness (QED) is 0.266. The van der Waals surface area contributed by atoms with Gasteiger partial charge < -0.3 is 23.7 Å². The third-order valence-corrected chi connectivity index (χ3v) is 8.62. The number of halogens is 3. The van der Waals surface area contributed by atoms with Crippen molar-refractivity contribution in [1.29, 1.82) is 0 Å². The lowest BCUT2D eigenvalue weighted by molar-refractivity contribution is -0.400. The average molecular weight is 713 g/mol. The lowest BCUT2D eigenvalue weighted by Crippen LogP contribution is -2.66. The van der Waals surface area contributed by atoms with Crippen molar-refractivity contribution >= 4 is 73.7 Å². The molecule has 3 aliphatic rings. The van der Waals surface area contributed by atoms with Gasteiger partial charge in [0.25, 0.3) is 0 Å². The van der Waals surface area contributed by atoms with Crippen LogP contribution in [0.1, 0.15) is 23.2 Å². The molecule has 3 saturated heterocycles. The number of benzene rings is 1. The number of ether oxygens (including phenoxy) is 5. The molecule has 0 N–H and O–H groups in total. The summed E-state index contributed by atoms with van der Waals surface area (Å²) in [6, 6.07) is 3.87. The molecule has 4 rings (SSSR count). The molecule has 0 radical (unpaired) electrons. The predicted octanol–water partition coefficient (Wildman–Crippen LogP) is 3.15. The van der Waals surface area contributed by atoms with Crippen LogP contribution >= 0.6 is 67.8 Å². The molecule has 0 aliphatic carbocycles. The van der Waals surface area contributed by atoms with Gasteiger partial charge in [0.15, 0.2) is 0 Å². The monoisotopic (exact) mass is 713 g/mol. The number of rotatable bonds is 2. The van der Waals surface area contributed by atoms with Gasteiger partial charge in [0.05, 0.1) is 44.8 Å². The van der Waals surface area contributed by atoms with Gasteiger partial charge in [-0.25, -0.2) is 9.69 Å². The van der Waals surface area contributed by atoms with Crippen molar-refractivity contribution < 1.29 is 28.5 Å². The minimum atomic E-state index is -1.000. The van der Waals surface area contributed by atoms with Gasteiger partial charge in [-0.1, -0.05) is 0 Å². The summed E-state index contributed by atoms with van der Waals surface area (Å²) in [6.07, 6.45) is 0.360. The first-order chi connectivity index (χ1) is 12.9. The Morgan fingerprint density at radius 3 is 2.07 bits per heavy atom. The molecule has 1 aromatic carbocycles. The lowest BCUT2D eigenvalue weighted by atomic mass is 10.00. The van der Waals surface area contributed by atoms with Crippen molar-refractivity contribution in [2.24, 2.45) is 0 Å². The first kappa shape index (κ1) is 20.9. The fourth-order valence-corrected chi connectivity index (χ4v) is 6.07. The van der Waals surface area contributed by atoms with Crippen LogP contribution in [0.3, 0.4) is 0 Å². The van der Waals surface area contributed by atoms with Crippen LogP contribution in [0, 0.1) is 10.7 Å². The maximum Gasteiger partial charge on any atom is 0.339 e. The zero-order valence-electron chi connectivity index (χ0n) is 14.5. The van der Waals surface area contributed by atoms with E-state index in [1.807, 2.05) is 24.1 Å². The first-order valence-electron chi connectivity index (χ1n) is 8.50. The molecule has 3 heterocycles. The van der Waals surface area contributed by atoms with Crippen molar-refractivity contribution in [2.75, 3.05) is 33.5 Å². The number of nitrogens with zero attached hydrogens (tertiary/aromatic N) is 1. The Bertz CT molecular complexity index is 722. The standard InChI is InChI=1S/C17H18I3NO6/c1-21-16(23-2-3-24-16)8-11(9-17(21)25-4-5-26-17)27-15(22)12-6-10(18)7-13(19)14(12)20/h6-7,11H,2-5,8-9H2,1H3. The summed E-state index contributed by atoms with van der Waals surface area (Å²) in [5.74, 6) is -2.35. The molecule has 0 bridgehead atoms. The SMILES string of the molecule is CN1C2(CC(OC(=O)c3cc(I)cc(I)c3I)CC13OCCO3)OCCO2. The van der Waals surface area contributed by atoms with Gasteiger partial charge in [0.1, 0.15) is 6.10 Å². The van der Waals surface area contributed by atoms with Gasteiger partial charge in [0, 0.05) is 10.7 Å². The Kier molecular flexibility index (Phi) is 6.26. The Hall–Kier alpha value is 0.680. The van der Waals surface area contributed by atoms with E-state index in [4.69, 9.17) is 23.7 Å². The van der Waals surface area contributed by atoms with Crippen LogP contribution in [0.2, 0.25) is 0 Å². The summed E-state index contributed by atoms with van der Waals surface area (Å²) in [7, 11) is 1.86. The first-order valence-corrected chi connectivity index (χ1v) is 11.7. The van der Waals surface area contributed by atoms with Gasteiger partial charge in [-0.05, 0) is 87.0 Å². The van der Waals surface area contributed by atoms with E-state index in [2.05, 4.69) is 67.8 Å². The molecule has 7 nitrogen and oxygen atoms in total. The topological polar surface area (TPSA) is 66.5 Å². The highest BCUT2D eigenvalue weighted by atomic mass is 127. The van der Waals surface area contributed by atoms with Crippen LogP contribution in [-0.4, -0.2) is 62.3 Å². The smallest absolute Gasteiger partial charge is 0.339 e. The molecule has 1 aromatic rings. The van der Waals surface area contributed by atoms with Crippen LogP contribution in [0.4, 0.5) is 0 Å². The zero-order chi connectivity index (χ0) is 19.2. The minimum Gasteiger partial charge on any atom is -0.458 e. The third-order valence-electron chi connectivity index (χ3n) is 4.96. The molecule has 0 atom stereocenters. The zero-order valence-corrected chi connectivity index (χ0v) is 21.0. The van der Waals surface area contributed by atoms with E-state index in [1.165, 1.54) is 0 Å². The Balaban J connectivity index is 1.59. The summed E-state index contributed by atoms with van der Waals surface area (Å²) < 4.78 is 32.4. The summed E-state index contributed by atoms with van der Waals surface area (Å²) in [5.41, 5.74) is 0.565. The third kappa shape index (κ3) is 3.88. The molecule has 3 aliphatic heterocycles. The fourth-order valence-electron chi connectivity index (χ4n) is 3.69. The van der Waals surface area contributed by atoms with Gasteiger partial charge in [-0.15, -0.1) is 0 Å². The number of carbonyl (C=O) groups is 1. The van der Waals surface area contributed by atoms with E-state index in [0.717, 1.165) is 10.7 Å². The van der Waals surface area contributed by atoms with E-state index in [1.54, 1.807) is 0 Å². The van der Waals surface area contributed by atoms with Crippen LogP contribution in [-0.2, 0) is 23.7 Å². The fraction of sp³-hybridized carbons (Fsp3) is 0.588. The molecule has 3 fully saturated rings. The molecule has 0 saturated carbocycles. The predicted molar refractivity (Wildman–Crippen MR) is 120 cm³/mol. The number of hydrogen-bond donors (Lipinski definition) is 0. The van der Waals surface area contributed by atoms with Crippen LogP contribution in [0.25, 0.3) is 0 Å². The van der Waals surface area contributed by atoms with E-state index < -0.39 is 17.9 Å². The normalized spacial score (nSPS) is 26.7. The van der Waals surface area contributed by atoms with E-state index in [0.29, 0.717) is 44.8 Å². The van der Waals surface area contributed by atoms with Crippen molar-refractivity contribution in [2.45, 2.75) is 30.8 Å². The number of piperidine rings is 1. The van der Waals surface area contributed by atoms with Crippen molar-refractivity contribution in [1.82, 2.24) is 4.90 Å². The van der Waals surface area contributed by atoms with Gasteiger partial charge in [-0.3, -0.25) is 0 Å². The Morgan fingerprint density at radius 2 is 1.56 bits per heavy atom. The molecule has 27 heavy (non-hydrogen) atoms. The number of esters is 1. The van der Waals surface area contributed by atoms with E-state index in [-0.39, 0.29) is 5.97 Å². The number of likely N-dealkylation sites (tertiary alicyclic amines) is 1. The summed E-state index contributed by atoms with van der Waals surface area (Å²) in [4.78, 5) is 14.8. The Labute approximate surface area is 198 Å². The molecular weight excluding hydrogens is 695 g/mol. The minimum absolute atomic E-state index is 0.355. The second-order valence-electron chi connectivity index (χ2n) is 6.56. The molecular formula is C17H18I3NO6. The summed E-state index contributed by atoms with van der Waals surface area (Å²) in [6.45, 7) is 1.92. The maximum absolute atomic E-state index is 12.9. The molecule has 2 spiro atoms. The molecule has 0 unspecified atom stereocenters. The molecule has 0 aromatic heterocycles. The van der Waals surface area contributed by atoms with Crippen LogP contribution in [0.5, 0.6) is 0 Å². The van der Waals surface area contributed by atoms with Gasteiger partial charge in [-0.2, -0.15) is 0 Å². The van der Waals surface area contributed by atoms with Crippen LogP contribution < -0.4 is 0 Å². The van der Waals surface area contributed by atoms with Gasteiger partial charge >= 0.3 is 5.97 Å². The molecule has 148 valence electrons. The highest BCUT2D eigenvalue weighted by molar-refractivity contribution is 14.1. The average Bonchev–Trinajstić information content (AvgIpc) is 3.27. The van der Waals surface area contributed by atoms with Crippen molar-refractivity contribution in [3.63, 3.8) is 0 Å². The summed E-state index contributed by atoms with van der Waals surface area (Å²) in [5, 5.41) is 0. The Morgan fingerprint density at radius 1 is 1.04 bits per heavy atom. The molecule has 10 heteroatoms. The van der Waals surface area contributed by atoms with Crippen molar-refractivity contribution in [3.05, 3.63) is 28.4 Å². The number of hydrogen-bond acceptors (Lipinski definition) is 7. The second-order valence-corrected chi connectivity index (χ2v) is 10.0. The highest BCUT2D eigenvalue weighted by Gasteiger charge is 2.60. The summed E-state index contributed by atoms with van der Waals surface area (Å²) >= 11 is 6.61. The van der Waals surface area contributed by atoms with E-state index in [9.17, 15) is 4.79 Å². The second kappa shape index (κ2) is 8.07. The van der Waals surface area contributed by atoms with Crippen LogP contribution in [0.15, 0.2) is 12.1 Å². The molecule has 0 amide bonds. The van der Waals surface area contributed by atoms with Crippen molar-refractivity contribution in [3.8, 4) is 0 Å². The number of carbonyl (C=O) groups excluding carboxylic acids is 1. The lowest BCUT2D eigenvalue weighted by Gasteiger charge is -2.51. The highest BCUT2D eigenvalue weighted by Crippen LogP contribution is 2.45. The van der Waals surface area contributed by atoms with E-state index >= 15 is 0 Å². The van der Waals surface area contributed by atoms with Gasteiger partial charge in [0.2, 0.25) is 11.8 Å².